The molecule has 0 spiro atoms. The summed E-state index contributed by atoms with van der Waals surface area (Å²) in [5.41, 5.74) is 0. The Balaban J connectivity index is 2.00. The Morgan fingerprint density at radius 1 is 1.05 bits per heavy atom. The molecule has 0 radical (unpaired) electrons. The number of rotatable bonds is 4. The molecular formula is C15H26O6. The first-order valence-corrected chi connectivity index (χ1v) is 7.52. The number of carbonyl (C=O) groups excluding carboxylic acids is 1. The van der Waals surface area contributed by atoms with E-state index in [-0.39, 0.29) is 30.2 Å². The Hall–Kier alpha value is -0.530. The average Bonchev–Trinajstić information content (AvgIpc) is 2.45. The maximum absolute atomic E-state index is 11.9. The second-order valence-electron chi connectivity index (χ2n) is 5.83. The van der Waals surface area contributed by atoms with Crippen molar-refractivity contribution in [3.05, 3.63) is 0 Å². The molecule has 0 amide bonds. The minimum Gasteiger partial charge on any atom is -0.379 e. The lowest BCUT2D eigenvalue weighted by atomic mass is 9.98. The van der Waals surface area contributed by atoms with Gasteiger partial charge in [-0.1, -0.05) is 0 Å². The molecule has 2 rings (SSSR count). The molecule has 2 aliphatic heterocycles. The topological polar surface area (TPSA) is 63.2 Å². The van der Waals surface area contributed by atoms with Gasteiger partial charge in [0.15, 0.2) is 12.1 Å². The maximum atomic E-state index is 11.9. The van der Waals surface area contributed by atoms with Gasteiger partial charge in [-0.2, -0.15) is 0 Å². The summed E-state index contributed by atoms with van der Waals surface area (Å²) in [4.78, 5) is 11.9. The SMILES string of the molecule is CO[C@H]1C[C@H](O[C@H]2[C@H](C)O[C@@H](C)C[C@@H]2OC)O[C@@H](C)C1=O. The molecule has 0 aromatic rings. The molecule has 6 heteroatoms. The van der Waals surface area contributed by atoms with E-state index in [1.54, 1.807) is 14.0 Å². The highest BCUT2D eigenvalue weighted by molar-refractivity contribution is 5.87. The number of methoxy groups -OCH3 is 2. The third kappa shape index (κ3) is 3.81. The largest absolute Gasteiger partial charge is 0.379 e. The zero-order chi connectivity index (χ0) is 15.6. The first-order chi connectivity index (χ1) is 9.96. The highest BCUT2D eigenvalue weighted by atomic mass is 16.7. The van der Waals surface area contributed by atoms with E-state index in [0.29, 0.717) is 6.42 Å². The van der Waals surface area contributed by atoms with Crippen LogP contribution in [-0.2, 0) is 28.5 Å². The van der Waals surface area contributed by atoms with E-state index in [2.05, 4.69) is 0 Å². The number of ketones is 1. The van der Waals surface area contributed by atoms with Crippen LogP contribution in [0.4, 0.5) is 0 Å². The zero-order valence-electron chi connectivity index (χ0n) is 13.4. The minimum atomic E-state index is -0.520. The fourth-order valence-electron chi connectivity index (χ4n) is 3.07. The fourth-order valence-corrected chi connectivity index (χ4v) is 3.07. The summed E-state index contributed by atoms with van der Waals surface area (Å²) in [6.07, 6.45) is -0.498. The second kappa shape index (κ2) is 7.15. The van der Waals surface area contributed by atoms with E-state index >= 15 is 0 Å². The van der Waals surface area contributed by atoms with E-state index in [4.69, 9.17) is 23.7 Å². The molecule has 0 aliphatic carbocycles. The number of hydrogen-bond acceptors (Lipinski definition) is 6. The summed E-state index contributed by atoms with van der Waals surface area (Å²) >= 11 is 0. The average molecular weight is 302 g/mol. The maximum Gasteiger partial charge on any atom is 0.190 e. The third-order valence-electron chi connectivity index (χ3n) is 4.22. The van der Waals surface area contributed by atoms with Crippen molar-refractivity contribution in [3.8, 4) is 0 Å². The van der Waals surface area contributed by atoms with E-state index in [1.165, 1.54) is 7.11 Å². The van der Waals surface area contributed by atoms with Crippen molar-refractivity contribution in [2.24, 2.45) is 0 Å². The normalized spacial score (nSPS) is 44.8. The molecule has 0 aromatic carbocycles. The molecule has 7 atom stereocenters. The zero-order valence-corrected chi connectivity index (χ0v) is 13.4. The molecule has 0 N–H and O–H groups in total. The molecule has 0 aromatic heterocycles. The summed E-state index contributed by atoms with van der Waals surface area (Å²) in [7, 11) is 3.21. The molecule has 122 valence electrons. The fraction of sp³-hybridized carbons (Fsp3) is 0.933. The van der Waals surface area contributed by atoms with Crippen molar-refractivity contribution in [1.29, 1.82) is 0 Å². The summed E-state index contributed by atoms with van der Waals surface area (Å²) in [5, 5.41) is 0. The van der Waals surface area contributed by atoms with Crippen LogP contribution in [0.15, 0.2) is 0 Å². The Morgan fingerprint density at radius 3 is 2.38 bits per heavy atom. The van der Waals surface area contributed by atoms with Crippen LogP contribution in [0.5, 0.6) is 0 Å². The second-order valence-corrected chi connectivity index (χ2v) is 5.83. The van der Waals surface area contributed by atoms with Gasteiger partial charge in [-0.05, 0) is 20.8 Å². The first kappa shape index (κ1) is 16.8. The van der Waals surface area contributed by atoms with Crippen LogP contribution in [-0.4, -0.2) is 62.9 Å². The minimum absolute atomic E-state index is 0.0396. The summed E-state index contributed by atoms with van der Waals surface area (Å²) in [5.74, 6) is -0.0396. The van der Waals surface area contributed by atoms with E-state index in [9.17, 15) is 4.79 Å². The van der Waals surface area contributed by atoms with Crippen LogP contribution in [0.3, 0.4) is 0 Å². The smallest absolute Gasteiger partial charge is 0.190 e. The monoisotopic (exact) mass is 302 g/mol. The van der Waals surface area contributed by atoms with Crippen molar-refractivity contribution in [2.75, 3.05) is 14.2 Å². The van der Waals surface area contributed by atoms with Gasteiger partial charge in [-0.25, -0.2) is 0 Å². The Bertz CT molecular complexity index is 360. The highest BCUT2D eigenvalue weighted by Crippen LogP contribution is 2.28. The number of ether oxygens (including phenoxy) is 5. The van der Waals surface area contributed by atoms with Gasteiger partial charge in [0.05, 0.1) is 18.3 Å². The van der Waals surface area contributed by atoms with E-state index in [0.717, 1.165) is 6.42 Å². The summed E-state index contributed by atoms with van der Waals surface area (Å²) in [6.45, 7) is 5.72. The van der Waals surface area contributed by atoms with Gasteiger partial charge in [0.2, 0.25) is 0 Å². The predicted molar refractivity (Wildman–Crippen MR) is 75.1 cm³/mol. The Labute approximate surface area is 126 Å². The molecular weight excluding hydrogens is 276 g/mol. The van der Waals surface area contributed by atoms with Crippen molar-refractivity contribution in [3.63, 3.8) is 0 Å². The van der Waals surface area contributed by atoms with Gasteiger partial charge in [0.1, 0.15) is 18.3 Å². The Morgan fingerprint density at radius 2 is 1.76 bits per heavy atom. The number of Topliss-reactive ketones (excluding diaryl/α,β-unsaturated/α-hetero) is 1. The van der Waals surface area contributed by atoms with Crippen LogP contribution in [0, 0.1) is 0 Å². The van der Waals surface area contributed by atoms with Crippen molar-refractivity contribution < 1.29 is 28.5 Å². The molecule has 0 unspecified atom stereocenters. The van der Waals surface area contributed by atoms with Gasteiger partial charge in [-0.15, -0.1) is 0 Å². The standard InChI is InChI=1S/C15H26O6/c1-8-6-12(18-5)15(10(3)19-8)21-13-7-11(17-4)14(16)9(2)20-13/h8-13,15H,6-7H2,1-5H3/t8-,9-,10-,11-,12-,13-,15-/m0/s1. The van der Waals surface area contributed by atoms with E-state index in [1.807, 2.05) is 13.8 Å². The van der Waals surface area contributed by atoms with Gasteiger partial charge >= 0.3 is 0 Å². The molecule has 2 fully saturated rings. The van der Waals surface area contributed by atoms with Crippen LogP contribution >= 0.6 is 0 Å². The van der Waals surface area contributed by atoms with Crippen LogP contribution in [0.1, 0.15) is 33.6 Å². The Kier molecular flexibility index (Phi) is 5.73. The lowest BCUT2D eigenvalue weighted by molar-refractivity contribution is -0.271. The third-order valence-corrected chi connectivity index (χ3v) is 4.22. The molecule has 0 bridgehead atoms. The van der Waals surface area contributed by atoms with Gasteiger partial charge in [-0.3, -0.25) is 4.79 Å². The molecule has 2 aliphatic rings. The van der Waals surface area contributed by atoms with Crippen LogP contribution in [0.2, 0.25) is 0 Å². The lowest BCUT2D eigenvalue weighted by Gasteiger charge is -2.41. The van der Waals surface area contributed by atoms with E-state index < -0.39 is 18.5 Å². The molecule has 21 heavy (non-hydrogen) atoms. The molecule has 0 saturated carbocycles. The summed E-state index contributed by atoms with van der Waals surface area (Å²) in [6, 6.07) is 0. The van der Waals surface area contributed by atoms with Crippen LogP contribution < -0.4 is 0 Å². The van der Waals surface area contributed by atoms with Crippen molar-refractivity contribution >= 4 is 5.78 Å². The lowest BCUT2D eigenvalue weighted by Crippen LogP contribution is -2.53. The van der Waals surface area contributed by atoms with Crippen LogP contribution in [0.25, 0.3) is 0 Å². The van der Waals surface area contributed by atoms with Gasteiger partial charge in [0, 0.05) is 27.1 Å². The molecule has 2 heterocycles. The van der Waals surface area contributed by atoms with Gasteiger partial charge < -0.3 is 23.7 Å². The number of carbonyl (C=O) groups is 1. The van der Waals surface area contributed by atoms with Gasteiger partial charge in [0.25, 0.3) is 0 Å². The van der Waals surface area contributed by atoms with Crippen molar-refractivity contribution in [2.45, 2.75) is 76.5 Å². The predicted octanol–water partition coefficient (Wildman–Crippen LogP) is 1.30. The highest BCUT2D eigenvalue weighted by Gasteiger charge is 2.41. The first-order valence-electron chi connectivity index (χ1n) is 7.52. The number of hydrogen-bond donors (Lipinski definition) is 0. The quantitative estimate of drug-likeness (QED) is 0.780. The summed E-state index contributed by atoms with van der Waals surface area (Å²) < 4.78 is 28.2. The van der Waals surface area contributed by atoms with Crippen molar-refractivity contribution in [1.82, 2.24) is 0 Å². The molecule has 6 nitrogen and oxygen atoms in total. The molecule has 2 saturated heterocycles.